The van der Waals surface area contributed by atoms with Crippen LogP contribution in [0.3, 0.4) is 0 Å². The number of halogens is 1. The van der Waals surface area contributed by atoms with Gasteiger partial charge in [0.25, 0.3) is 0 Å². The first-order chi connectivity index (χ1) is 9.79. The van der Waals surface area contributed by atoms with Gasteiger partial charge in [0.2, 0.25) is 0 Å². The first kappa shape index (κ1) is 12.9. The third kappa shape index (κ3) is 2.34. The number of anilines is 2. The average Bonchev–Trinajstić information content (AvgIpc) is 2.69. The van der Waals surface area contributed by atoms with Crippen LogP contribution < -0.4 is 15.4 Å². The summed E-state index contributed by atoms with van der Waals surface area (Å²) >= 11 is 0. The van der Waals surface area contributed by atoms with E-state index in [1.54, 1.807) is 12.1 Å². The van der Waals surface area contributed by atoms with Crippen LogP contribution >= 0.6 is 0 Å². The normalized spacial score (nSPS) is 14.4. The summed E-state index contributed by atoms with van der Waals surface area (Å²) < 4.78 is 19.7. The molecule has 0 aromatic heterocycles. The number of benzene rings is 2. The van der Waals surface area contributed by atoms with Crippen molar-refractivity contribution < 1.29 is 9.13 Å². The van der Waals surface area contributed by atoms with Crippen LogP contribution in [0.2, 0.25) is 0 Å². The van der Waals surface area contributed by atoms with E-state index in [1.165, 1.54) is 0 Å². The Morgan fingerprint density at radius 3 is 2.85 bits per heavy atom. The van der Waals surface area contributed by atoms with Gasteiger partial charge in [0.1, 0.15) is 11.6 Å². The molecule has 0 bridgehead atoms. The molecule has 1 heterocycles. The van der Waals surface area contributed by atoms with Crippen molar-refractivity contribution in [3.63, 3.8) is 0 Å². The van der Waals surface area contributed by atoms with Gasteiger partial charge in [0.05, 0.1) is 12.3 Å². The quantitative estimate of drug-likeness (QED) is 0.912. The Balaban J connectivity index is 2.03. The van der Waals surface area contributed by atoms with E-state index in [1.807, 2.05) is 30.3 Å². The Kier molecular flexibility index (Phi) is 3.56. The molecule has 0 aliphatic carbocycles. The van der Waals surface area contributed by atoms with Crippen molar-refractivity contribution >= 4 is 11.4 Å². The fraction of sp³-hybridized carbons (Fsp3) is 0.250. The summed E-state index contributed by atoms with van der Waals surface area (Å²) in [5.74, 6) is 0.584. The summed E-state index contributed by atoms with van der Waals surface area (Å²) in [5, 5.41) is 0. The van der Waals surface area contributed by atoms with Gasteiger partial charge in [-0.25, -0.2) is 4.39 Å². The molecule has 0 spiro atoms. The summed E-state index contributed by atoms with van der Waals surface area (Å²) in [6.45, 7) is 1.70. The fourth-order valence-corrected chi connectivity index (χ4v) is 2.47. The lowest BCUT2D eigenvalue weighted by Crippen LogP contribution is -2.18. The number of rotatable bonds is 2. The molecule has 2 aromatic rings. The maximum atomic E-state index is 13.9. The largest absolute Gasteiger partial charge is 0.491 e. The molecular weight excluding hydrogens is 255 g/mol. The van der Waals surface area contributed by atoms with Gasteiger partial charge in [-0.3, -0.25) is 0 Å². The lowest BCUT2D eigenvalue weighted by molar-refractivity contribution is 0.322. The minimum Gasteiger partial charge on any atom is -0.491 e. The van der Waals surface area contributed by atoms with Gasteiger partial charge < -0.3 is 15.4 Å². The van der Waals surface area contributed by atoms with E-state index in [2.05, 4.69) is 4.90 Å². The van der Waals surface area contributed by atoms with Crippen LogP contribution in [0.5, 0.6) is 5.75 Å². The molecule has 2 N–H and O–H groups in total. The first-order valence-electron chi connectivity index (χ1n) is 6.77. The predicted molar refractivity (Wildman–Crippen MR) is 77.9 cm³/mol. The number of para-hydroxylation sites is 2. The average molecular weight is 272 g/mol. The van der Waals surface area contributed by atoms with E-state index in [4.69, 9.17) is 10.5 Å². The summed E-state index contributed by atoms with van der Waals surface area (Å²) in [7, 11) is 0. The van der Waals surface area contributed by atoms with Crippen molar-refractivity contribution in [1.82, 2.24) is 0 Å². The molecule has 3 rings (SSSR count). The molecule has 0 amide bonds. The molecule has 4 heteroatoms. The van der Waals surface area contributed by atoms with Crippen molar-refractivity contribution in [3.8, 4) is 5.75 Å². The molecule has 3 nitrogen and oxygen atoms in total. The Hall–Kier alpha value is -2.07. The molecule has 1 aliphatic heterocycles. The number of hydrogen-bond acceptors (Lipinski definition) is 3. The van der Waals surface area contributed by atoms with Crippen LogP contribution in [0, 0.1) is 5.82 Å². The highest BCUT2D eigenvalue weighted by atomic mass is 19.1. The van der Waals surface area contributed by atoms with Crippen LogP contribution in [0.4, 0.5) is 15.8 Å². The van der Waals surface area contributed by atoms with Gasteiger partial charge in [-0.2, -0.15) is 0 Å². The highest BCUT2D eigenvalue weighted by molar-refractivity contribution is 5.69. The van der Waals surface area contributed by atoms with E-state index < -0.39 is 0 Å². The molecule has 0 radical (unpaired) electrons. The highest BCUT2D eigenvalue weighted by Gasteiger charge is 2.18. The van der Waals surface area contributed by atoms with Gasteiger partial charge in [-0.1, -0.05) is 18.2 Å². The van der Waals surface area contributed by atoms with Crippen LogP contribution in [0.25, 0.3) is 0 Å². The SMILES string of the molecule is NCc1ccc(N2CCCOc3ccccc32)cc1F. The van der Waals surface area contributed by atoms with Gasteiger partial charge in [0, 0.05) is 24.3 Å². The zero-order valence-electron chi connectivity index (χ0n) is 11.2. The smallest absolute Gasteiger partial charge is 0.142 e. The maximum Gasteiger partial charge on any atom is 0.142 e. The van der Waals surface area contributed by atoms with E-state index in [0.29, 0.717) is 12.2 Å². The Labute approximate surface area is 117 Å². The molecule has 0 atom stereocenters. The minimum atomic E-state index is -0.257. The summed E-state index contributed by atoms with van der Waals surface area (Å²) in [6, 6.07) is 13.1. The third-order valence-electron chi connectivity index (χ3n) is 3.51. The minimum absolute atomic E-state index is 0.214. The molecular formula is C16H17FN2O. The van der Waals surface area contributed by atoms with E-state index in [0.717, 1.165) is 30.1 Å². The zero-order valence-corrected chi connectivity index (χ0v) is 11.2. The zero-order chi connectivity index (χ0) is 13.9. The predicted octanol–water partition coefficient (Wildman–Crippen LogP) is 3.21. The number of nitrogens with zero attached hydrogens (tertiary/aromatic N) is 1. The Morgan fingerprint density at radius 1 is 1.20 bits per heavy atom. The molecule has 0 unspecified atom stereocenters. The third-order valence-corrected chi connectivity index (χ3v) is 3.51. The topological polar surface area (TPSA) is 38.5 Å². The molecule has 0 saturated carbocycles. The number of nitrogens with two attached hydrogens (primary N) is 1. The number of hydrogen-bond donors (Lipinski definition) is 1. The van der Waals surface area contributed by atoms with Crippen molar-refractivity contribution in [3.05, 3.63) is 53.8 Å². The molecule has 0 fully saturated rings. The van der Waals surface area contributed by atoms with Crippen molar-refractivity contribution in [2.24, 2.45) is 5.73 Å². The highest BCUT2D eigenvalue weighted by Crippen LogP contribution is 2.36. The Bertz CT molecular complexity index is 615. The lowest BCUT2D eigenvalue weighted by atomic mass is 10.1. The van der Waals surface area contributed by atoms with E-state index >= 15 is 0 Å². The van der Waals surface area contributed by atoms with Crippen LogP contribution in [0.15, 0.2) is 42.5 Å². The Morgan fingerprint density at radius 2 is 2.05 bits per heavy atom. The van der Waals surface area contributed by atoms with Gasteiger partial charge in [-0.05, 0) is 30.7 Å². The van der Waals surface area contributed by atoms with Crippen molar-refractivity contribution in [1.29, 1.82) is 0 Å². The van der Waals surface area contributed by atoms with E-state index in [-0.39, 0.29) is 12.4 Å². The van der Waals surface area contributed by atoms with Crippen molar-refractivity contribution in [2.75, 3.05) is 18.1 Å². The van der Waals surface area contributed by atoms with Gasteiger partial charge in [-0.15, -0.1) is 0 Å². The first-order valence-corrected chi connectivity index (χ1v) is 6.77. The van der Waals surface area contributed by atoms with E-state index in [9.17, 15) is 4.39 Å². The summed E-state index contributed by atoms with van der Waals surface area (Å²) in [6.07, 6.45) is 0.898. The van der Waals surface area contributed by atoms with Gasteiger partial charge >= 0.3 is 0 Å². The molecule has 1 aliphatic rings. The second-order valence-corrected chi connectivity index (χ2v) is 4.80. The summed E-state index contributed by atoms with van der Waals surface area (Å²) in [5.41, 5.74) is 7.85. The maximum absolute atomic E-state index is 13.9. The number of fused-ring (bicyclic) bond motifs is 1. The second-order valence-electron chi connectivity index (χ2n) is 4.80. The summed E-state index contributed by atoms with van der Waals surface area (Å²) in [4.78, 5) is 2.09. The van der Waals surface area contributed by atoms with Crippen LogP contribution in [-0.4, -0.2) is 13.2 Å². The van der Waals surface area contributed by atoms with Gasteiger partial charge in [0.15, 0.2) is 0 Å². The monoisotopic (exact) mass is 272 g/mol. The second kappa shape index (κ2) is 5.51. The molecule has 20 heavy (non-hydrogen) atoms. The number of ether oxygens (including phenoxy) is 1. The standard InChI is InChI=1S/C16H17FN2O/c17-14-10-13(7-6-12(14)11-18)19-8-3-9-20-16-5-2-1-4-15(16)19/h1-2,4-7,10H,3,8-9,11,18H2. The lowest BCUT2D eigenvalue weighted by Gasteiger charge is -2.24. The fourth-order valence-electron chi connectivity index (χ4n) is 2.47. The molecule has 104 valence electrons. The van der Waals surface area contributed by atoms with Crippen LogP contribution in [0.1, 0.15) is 12.0 Å². The van der Waals surface area contributed by atoms with Crippen LogP contribution in [-0.2, 0) is 6.54 Å². The molecule has 0 saturated heterocycles. The van der Waals surface area contributed by atoms with Crippen molar-refractivity contribution in [2.45, 2.75) is 13.0 Å². The molecule has 2 aromatic carbocycles.